The number of aryl methyl sites for hydroxylation is 1. The number of hydrogen-bond donors (Lipinski definition) is 2. The van der Waals surface area contributed by atoms with Gasteiger partial charge in [0.15, 0.2) is 6.61 Å². The molecule has 0 saturated carbocycles. The number of aliphatic hydroxyl groups excluding tert-OH is 1. The van der Waals surface area contributed by atoms with Gasteiger partial charge in [-0.25, -0.2) is 4.79 Å². The van der Waals surface area contributed by atoms with Crippen molar-refractivity contribution in [3.63, 3.8) is 0 Å². The summed E-state index contributed by atoms with van der Waals surface area (Å²) >= 11 is 0. The third-order valence-electron chi connectivity index (χ3n) is 3.55. The molecule has 1 saturated heterocycles. The third-order valence-corrected chi connectivity index (χ3v) is 3.55. The number of rotatable bonds is 5. The lowest BCUT2D eigenvalue weighted by atomic mass is 10.2. The maximum absolute atomic E-state index is 12.1. The first-order valence-electron chi connectivity index (χ1n) is 6.93. The van der Waals surface area contributed by atoms with Crippen LogP contribution in [-0.2, 0) is 16.0 Å². The number of aliphatic hydroxyl groups is 1. The Balaban J connectivity index is 1.96. The average molecular weight is 293 g/mol. The molecular formula is C15H19NO5. The molecule has 2 atom stereocenters. The summed E-state index contributed by atoms with van der Waals surface area (Å²) in [4.78, 5) is 24.3. The molecule has 1 amide bonds. The van der Waals surface area contributed by atoms with Gasteiger partial charge < -0.3 is 19.8 Å². The number of carboxylic acids is 1. The number of carbonyl (C=O) groups excluding carboxylic acids is 1. The Morgan fingerprint density at radius 3 is 2.86 bits per heavy atom. The molecule has 1 heterocycles. The fourth-order valence-electron chi connectivity index (χ4n) is 2.41. The molecule has 1 aliphatic rings. The quantitative estimate of drug-likeness (QED) is 0.833. The molecular weight excluding hydrogens is 274 g/mol. The lowest BCUT2D eigenvalue weighted by Gasteiger charge is -2.21. The van der Waals surface area contributed by atoms with Crippen LogP contribution in [0.1, 0.15) is 18.9 Å². The number of carbonyl (C=O) groups is 2. The molecule has 6 nitrogen and oxygen atoms in total. The zero-order chi connectivity index (χ0) is 15.4. The maximum atomic E-state index is 12.1. The molecule has 2 N–H and O–H groups in total. The van der Waals surface area contributed by atoms with Gasteiger partial charge in [-0.2, -0.15) is 0 Å². The highest BCUT2D eigenvalue weighted by molar-refractivity contribution is 5.85. The molecule has 0 spiro atoms. The topological polar surface area (TPSA) is 87.1 Å². The Kier molecular flexibility index (Phi) is 4.80. The molecule has 1 aliphatic heterocycles. The van der Waals surface area contributed by atoms with E-state index in [1.54, 1.807) is 6.07 Å². The van der Waals surface area contributed by atoms with Crippen LogP contribution in [-0.4, -0.2) is 52.3 Å². The van der Waals surface area contributed by atoms with Crippen molar-refractivity contribution in [3.8, 4) is 5.75 Å². The average Bonchev–Trinajstić information content (AvgIpc) is 2.87. The van der Waals surface area contributed by atoms with Crippen molar-refractivity contribution in [2.45, 2.75) is 31.9 Å². The van der Waals surface area contributed by atoms with Gasteiger partial charge in [0.25, 0.3) is 5.91 Å². The van der Waals surface area contributed by atoms with Crippen LogP contribution in [0.25, 0.3) is 0 Å². The molecule has 6 heteroatoms. The minimum atomic E-state index is -1.10. The predicted octanol–water partition coefficient (Wildman–Crippen LogP) is 0.674. The third kappa shape index (κ3) is 3.72. The molecule has 1 aromatic carbocycles. The normalized spacial score (nSPS) is 21.3. The van der Waals surface area contributed by atoms with E-state index in [-0.39, 0.29) is 19.6 Å². The van der Waals surface area contributed by atoms with Crippen LogP contribution in [0.2, 0.25) is 0 Å². The summed E-state index contributed by atoms with van der Waals surface area (Å²) in [5.74, 6) is -0.956. The van der Waals surface area contributed by atoms with Crippen LogP contribution in [0.5, 0.6) is 5.75 Å². The molecule has 0 bridgehead atoms. The Labute approximate surface area is 122 Å². The highest BCUT2D eigenvalue weighted by Crippen LogP contribution is 2.19. The fourth-order valence-corrected chi connectivity index (χ4v) is 2.41. The van der Waals surface area contributed by atoms with E-state index < -0.39 is 24.0 Å². The molecule has 0 aliphatic carbocycles. The minimum Gasteiger partial charge on any atom is -0.484 e. The molecule has 2 rings (SSSR count). The van der Waals surface area contributed by atoms with Crippen molar-refractivity contribution in [2.75, 3.05) is 13.2 Å². The van der Waals surface area contributed by atoms with Crippen molar-refractivity contribution >= 4 is 11.9 Å². The van der Waals surface area contributed by atoms with Crippen molar-refractivity contribution < 1.29 is 24.5 Å². The van der Waals surface area contributed by atoms with Gasteiger partial charge in [-0.05, 0) is 24.1 Å². The maximum Gasteiger partial charge on any atom is 0.326 e. The summed E-state index contributed by atoms with van der Waals surface area (Å²) in [5, 5.41) is 18.6. The fraction of sp³-hybridized carbons (Fsp3) is 0.467. The molecule has 1 fully saturated rings. The largest absolute Gasteiger partial charge is 0.484 e. The lowest BCUT2D eigenvalue weighted by Crippen LogP contribution is -2.42. The zero-order valence-electron chi connectivity index (χ0n) is 11.9. The van der Waals surface area contributed by atoms with E-state index in [2.05, 4.69) is 0 Å². The second kappa shape index (κ2) is 6.58. The molecule has 21 heavy (non-hydrogen) atoms. The summed E-state index contributed by atoms with van der Waals surface area (Å²) in [6.07, 6.45) is 0.134. The Morgan fingerprint density at radius 2 is 2.19 bits per heavy atom. The second-order valence-corrected chi connectivity index (χ2v) is 5.08. The van der Waals surface area contributed by atoms with E-state index in [0.29, 0.717) is 5.75 Å². The summed E-state index contributed by atoms with van der Waals surface area (Å²) in [5.41, 5.74) is 1.10. The summed E-state index contributed by atoms with van der Waals surface area (Å²) < 4.78 is 5.42. The number of ether oxygens (including phenoxy) is 1. The van der Waals surface area contributed by atoms with Crippen LogP contribution in [0.3, 0.4) is 0 Å². The highest BCUT2D eigenvalue weighted by atomic mass is 16.5. The monoisotopic (exact) mass is 293 g/mol. The summed E-state index contributed by atoms with van der Waals surface area (Å²) in [6.45, 7) is 1.82. The predicted molar refractivity (Wildman–Crippen MR) is 75.1 cm³/mol. The number of nitrogens with zero attached hydrogens (tertiary/aromatic N) is 1. The Bertz CT molecular complexity index is 531. The van der Waals surface area contributed by atoms with Gasteiger partial charge in [0.2, 0.25) is 0 Å². The molecule has 0 radical (unpaired) electrons. The smallest absolute Gasteiger partial charge is 0.326 e. The van der Waals surface area contributed by atoms with Gasteiger partial charge in [-0.1, -0.05) is 19.1 Å². The zero-order valence-corrected chi connectivity index (χ0v) is 11.9. The molecule has 114 valence electrons. The lowest BCUT2D eigenvalue weighted by molar-refractivity contribution is -0.148. The Morgan fingerprint density at radius 1 is 1.43 bits per heavy atom. The van der Waals surface area contributed by atoms with Gasteiger partial charge in [-0.15, -0.1) is 0 Å². The summed E-state index contributed by atoms with van der Waals surface area (Å²) in [7, 11) is 0. The van der Waals surface area contributed by atoms with Crippen LogP contribution >= 0.6 is 0 Å². The van der Waals surface area contributed by atoms with Crippen molar-refractivity contribution in [1.82, 2.24) is 4.90 Å². The minimum absolute atomic E-state index is 0.0359. The highest BCUT2D eigenvalue weighted by Gasteiger charge is 2.38. The van der Waals surface area contributed by atoms with Crippen molar-refractivity contribution in [2.24, 2.45) is 0 Å². The number of benzene rings is 1. The SMILES string of the molecule is CCc1cccc(OCC(=O)N2CC(O)CC2C(=O)O)c1. The number of aliphatic carboxylic acids is 1. The first-order valence-corrected chi connectivity index (χ1v) is 6.93. The van der Waals surface area contributed by atoms with Crippen molar-refractivity contribution in [1.29, 1.82) is 0 Å². The first kappa shape index (κ1) is 15.3. The number of likely N-dealkylation sites (tertiary alicyclic amines) is 1. The van der Waals surface area contributed by atoms with Gasteiger partial charge >= 0.3 is 5.97 Å². The second-order valence-electron chi connectivity index (χ2n) is 5.08. The number of amides is 1. The van der Waals surface area contributed by atoms with Crippen LogP contribution in [0.15, 0.2) is 24.3 Å². The van der Waals surface area contributed by atoms with Gasteiger partial charge in [-0.3, -0.25) is 4.79 Å². The van der Waals surface area contributed by atoms with Crippen molar-refractivity contribution in [3.05, 3.63) is 29.8 Å². The number of β-amino-alcohol motifs (C(OH)–C–C–N with tert-alkyl or cyclic N) is 1. The van der Waals surface area contributed by atoms with E-state index in [1.165, 1.54) is 0 Å². The molecule has 0 aromatic heterocycles. The van der Waals surface area contributed by atoms with E-state index in [4.69, 9.17) is 9.84 Å². The van der Waals surface area contributed by atoms with E-state index in [0.717, 1.165) is 16.9 Å². The van der Waals surface area contributed by atoms with Gasteiger partial charge in [0.1, 0.15) is 11.8 Å². The Hall–Kier alpha value is -2.08. The van der Waals surface area contributed by atoms with E-state index in [9.17, 15) is 14.7 Å². The van der Waals surface area contributed by atoms with Crippen LogP contribution in [0.4, 0.5) is 0 Å². The molecule has 2 unspecified atom stereocenters. The number of hydrogen-bond acceptors (Lipinski definition) is 4. The first-order chi connectivity index (χ1) is 10.0. The molecule has 1 aromatic rings. The van der Waals surface area contributed by atoms with Gasteiger partial charge in [0, 0.05) is 13.0 Å². The summed E-state index contributed by atoms with van der Waals surface area (Å²) in [6, 6.07) is 6.43. The van der Waals surface area contributed by atoms with Crippen LogP contribution < -0.4 is 4.74 Å². The van der Waals surface area contributed by atoms with E-state index in [1.807, 2.05) is 25.1 Å². The van der Waals surface area contributed by atoms with Gasteiger partial charge in [0.05, 0.1) is 6.10 Å². The van der Waals surface area contributed by atoms with E-state index >= 15 is 0 Å². The number of carboxylic acid groups (broad SMARTS) is 1. The van der Waals surface area contributed by atoms with Crippen LogP contribution in [0, 0.1) is 0 Å². The standard InChI is InChI=1S/C15H19NO5/c1-2-10-4-3-5-12(6-10)21-9-14(18)16-8-11(17)7-13(16)15(19)20/h3-6,11,13,17H,2,7-9H2,1H3,(H,19,20).